The van der Waals surface area contributed by atoms with Crippen molar-refractivity contribution < 1.29 is 18.0 Å². The zero-order valence-corrected chi connectivity index (χ0v) is 18.1. The third kappa shape index (κ3) is 2.35. The van der Waals surface area contributed by atoms with Gasteiger partial charge in [0.1, 0.15) is 0 Å². The molecule has 0 radical (unpaired) electrons. The van der Waals surface area contributed by atoms with Crippen LogP contribution >= 0.6 is 0 Å². The van der Waals surface area contributed by atoms with E-state index in [1.165, 1.54) is 17.0 Å². The van der Waals surface area contributed by atoms with Gasteiger partial charge in [-0.05, 0) is 44.2 Å². The molecule has 7 heteroatoms. The number of hydrogen-bond acceptors (Lipinski definition) is 4. The van der Waals surface area contributed by atoms with Gasteiger partial charge in [-0.3, -0.25) is 9.59 Å². The van der Waals surface area contributed by atoms with Crippen LogP contribution in [-0.4, -0.2) is 27.2 Å². The Morgan fingerprint density at radius 1 is 0.806 bits per heavy atom. The summed E-state index contributed by atoms with van der Waals surface area (Å²) in [6.07, 6.45) is 0. The van der Waals surface area contributed by atoms with Crippen LogP contribution < -0.4 is 9.21 Å². The standard InChI is InChI=1S/C24H20N2O4S/c1-15-8-11-17(12-9-15)31(29,30)26-20-13-10-16(2)14-18(20)22(27)24(26)19-6-4-5-7-21(19)25(3)23(24)28/h4-14H,1-3H3. The van der Waals surface area contributed by atoms with Crippen molar-refractivity contribution in [3.8, 4) is 0 Å². The zero-order valence-electron chi connectivity index (χ0n) is 17.3. The molecule has 0 aromatic heterocycles. The van der Waals surface area contributed by atoms with Gasteiger partial charge in [-0.15, -0.1) is 0 Å². The summed E-state index contributed by atoms with van der Waals surface area (Å²) in [5, 5.41) is 0. The summed E-state index contributed by atoms with van der Waals surface area (Å²) in [5.41, 5.74) is 1.06. The first-order valence-electron chi connectivity index (χ1n) is 9.86. The second kappa shape index (κ2) is 6.28. The van der Waals surface area contributed by atoms with Crippen molar-refractivity contribution in [3.05, 3.63) is 89.0 Å². The number of hydrogen-bond donors (Lipinski definition) is 0. The number of sulfonamides is 1. The minimum atomic E-state index is -4.24. The summed E-state index contributed by atoms with van der Waals surface area (Å²) in [7, 11) is -2.68. The van der Waals surface area contributed by atoms with Crippen molar-refractivity contribution in [2.45, 2.75) is 24.3 Å². The first-order chi connectivity index (χ1) is 14.7. The fourth-order valence-electron chi connectivity index (χ4n) is 4.56. The van der Waals surface area contributed by atoms with E-state index in [1.807, 2.05) is 13.8 Å². The fraction of sp³-hybridized carbons (Fsp3) is 0.167. The highest BCUT2D eigenvalue weighted by Crippen LogP contribution is 2.54. The molecular formula is C24H20N2O4S. The Labute approximate surface area is 180 Å². The maximum absolute atomic E-state index is 14.0. The molecule has 0 saturated carbocycles. The fourth-order valence-corrected chi connectivity index (χ4v) is 6.29. The minimum Gasteiger partial charge on any atom is -0.312 e. The zero-order chi connectivity index (χ0) is 22.1. The molecule has 2 aliphatic rings. The molecule has 3 aromatic rings. The Kier molecular flexibility index (Phi) is 3.95. The van der Waals surface area contributed by atoms with Gasteiger partial charge in [0.15, 0.2) is 0 Å². The molecule has 31 heavy (non-hydrogen) atoms. The van der Waals surface area contributed by atoms with E-state index in [9.17, 15) is 18.0 Å². The summed E-state index contributed by atoms with van der Waals surface area (Å²) in [6, 6.07) is 18.3. The average molecular weight is 433 g/mol. The Hall–Kier alpha value is -3.45. The van der Waals surface area contributed by atoms with E-state index in [-0.39, 0.29) is 16.1 Å². The molecule has 1 atom stereocenters. The molecule has 5 rings (SSSR count). The largest absolute Gasteiger partial charge is 0.312 e. The van der Waals surface area contributed by atoms with Crippen molar-refractivity contribution in [2.24, 2.45) is 0 Å². The third-order valence-corrected chi connectivity index (χ3v) is 7.90. The smallest absolute Gasteiger partial charge is 0.266 e. The number of carbonyl (C=O) groups is 2. The van der Waals surface area contributed by atoms with Crippen LogP contribution in [0.2, 0.25) is 0 Å². The molecule has 0 N–H and O–H groups in total. The molecule has 2 aliphatic heterocycles. The van der Waals surface area contributed by atoms with Crippen LogP contribution in [0.1, 0.15) is 27.0 Å². The van der Waals surface area contributed by atoms with Gasteiger partial charge in [0.2, 0.25) is 11.3 Å². The number of anilines is 2. The van der Waals surface area contributed by atoms with Crippen LogP contribution in [0.15, 0.2) is 71.6 Å². The van der Waals surface area contributed by atoms with Crippen molar-refractivity contribution in [2.75, 3.05) is 16.3 Å². The Morgan fingerprint density at radius 3 is 2.16 bits per heavy atom. The molecule has 156 valence electrons. The van der Waals surface area contributed by atoms with Crippen molar-refractivity contribution in [3.63, 3.8) is 0 Å². The average Bonchev–Trinajstić information content (AvgIpc) is 3.14. The number of likely N-dealkylation sites (N-methyl/N-ethyl adjacent to an activating group) is 1. The number of carbonyl (C=O) groups excluding carboxylic acids is 2. The van der Waals surface area contributed by atoms with Crippen LogP contribution in [0.5, 0.6) is 0 Å². The topological polar surface area (TPSA) is 74.8 Å². The summed E-state index contributed by atoms with van der Waals surface area (Å²) in [4.78, 5) is 29.0. The normalized spacial score (nSPS) is 19.8. The van der Waals surface area contributed by atoms with E-state index >= 15 is 0 Å². The number of aryl methyl sites for hydroxylation is 2. The van der Waals surface area contributed by atoms with Crippen molar-refractivity contribution >= 4 is 33.1 Å². The predicted molar refractivity (Wildman–Crippen MR) is 118 cm³/mol. The number of ketones is 1. The predicted octanol–water partition coefficient (Wildman–Crippen LogP) is 3.57. The number of amides is 1. The lowest BCUT2D eigenvalue weighted by Gasteiger charge is -2.33. The van der Waals surface area contributed by atoms with Crippen LogP contribution in [0.25, 0.3) is 0 Å². The third-order valence-electron chi connectivity index (χ3n) is 6.08. The monoisotopic (exact) mass is 432 g/mol. The van der Waals surface area contributed by atoms with E-state index in [0.29, 0.717) is 11.3 Å². The van der Waals surface area contributed by atoms with E-state index in [0.717, 1.165) is 15.4 Å². The minimum absolute atomic E-state index is 0.0264. The summed E-state index contributed by atoms with van der Waals surface area (Å²) >= 11 is 0. The Bertz CT molecular complexity index is 1380. The summed E-state index contributed by atoms with van der Waals surface area (Å²) in [5.74, 6) is -1.10. The molecule has 0 saturated heterocycles. The highest BCUT2D eigenvalue weighted by atomic mass is 32.2. The SMILES string of the molecule is Cc1ccc(S(=O)(=O)N2c3ccc(C)cc3C(=O)C23C(=O)N(C)c2ccccc23)cc1. The summed E-state index contributed by atoms with van der Waals surface area (Å²) < 4.78 is 29.0. The maximum Gasteiger partial charge on any atom is 0.266 e. The van der Waals surface area contributed by atoms with Gasteiger partial charge in [-0.2, -0.15) is 0 Å². The van der Waals surface area contributed by atoms with Gasteiger partial charge in [0.25, 0.3) is 15.9 Å². The van der Waals surface area contributed by atoms with Crippen LogP contribution in [0.3, 0.4) is 0 Å². The summed E-state index contributed by atoms with van der Waals surface area (Å²) in [6.45, 7) is 3.69. The first kappa shape index (κ1) is 19.5. The van der Waals surface area contributed by atoms with Gasteiger partial charge in [0, 0.05) is 23.9 Å². The quantitative estimate of drug-likeness (QED) is 0.581. The second-order valence-electron chi connectivity index (χ2n) is 8.02. The molecule has 3 aromatic carbocycles. The van der Waals surface area contributed by atoms with E-state index in [4.69, 9.17) is 0 Å². The number of nitrogens with zero attached hydrogens (tertiary/aromatic N) is 2. The molecule has 1 spiro atoms. The molecule has 0 aliphatic carbocycles. The van der Waals surface area contributed by atoms with Gasteiger partial charge in [-0.1, -0.05) is 47.5 Å². The molecule has 6 nitrogen and oxygen atoms in total. The number of rotatable bonds is 2. The molecule has 0 bridgehead atoms. The van der Waals surface area contributed by atoms with E-state index < -0.39 is 27.3 Å². The highest BCUT2D eigenvalue weighted by Gasteiger charge is 2.67. The van der Waals surface area contributed by atoms with E-state index in [2.05, 4.69) is 0 Å². The van der Waals surface area contributed by atoms with Crippen LogP contribution in [0, 0.1) is 13.8 Å². The Balaban J connectivity index is 1.88. The second-order valence-corrected chi connectivity index (χ2v) is 9.81. The van der Waals surface area contributed by atoms with E-state index in [1.54, 1.807) is 61.6 Å². The van der Waals surface area contributed by atoms with Crippen molar-refractivity contribution in [1.82, 2.24) is 0 Å². The number of para-hydroxylation sites is 1. The molecule has 0 fully saturated rings. The maximum atomic E-state index is 14.0. The molecule has 1 unspecified atom stereocenters. The van der Waals surface area contributed by atoms with Gasteiger partial charge < -0.3 is 4.90 Å². The lowest BCUT2D eigenvalue weighted by Crippen LogP contribution is -2.56. The number of Topliss-reactive ketones (excluding diaryl/α,β-unsaturated/α-hetero) is 1. The first-order valence-corrected chi connectivity index (χ1v) is 11.3. The number of fused-ring (bicyclic) bond motifs is 3. The van der Waals surface area contributed by atoms with Crippen LogP contribution in [0.4, 0.5) is 11.4 Å². The highest BCUT2D eigenvalue weighted by molar-refractivity contribution is 7.93. The molecule has 2 heterocycles. The van der Waals surface area contributed by atoms with Gasteiger partial charge in [0.05, 0.1) is 10.6 Å². The number of benzene rings is 3. The van der Waals surface area contributed by atoms with Gasteiger partial charge >= 0.3 is 0 Å². The lowest BCUT2D eigenvalue weighted by atomic mass is 9.87. The van der Waals surface area contributed by atoms with Gasteiger partial charge in [-0.25, -0.2) is 12.7 Å². The molecule has 1 amide bonds. The van der Waals surface area contributed by atoms with Crippen molar-refractivity contribution in [1.29, 1.82) is 0 Å². The molecular weight excluding hydrogens is 412 g/mol. The van der Waals surface area contributed by atoms with Crippen LogP contribution in [-0.2, 0) is 20.4 Å². The lowest BCUT2D eigenvalue weighted by molar-refractivity contribution is -0.120. The Morgan fingerprint density at radius 2 is 1.45 bits per heavy atom.